The molecule has 3 atom stereocenters. The molecule has 1 N–H and O–H groups in total. The van der Waals surface area contributed by atoms with Gasteiger partial charge in [-0.15, -0.1) is 0 Å². The highest BCUT2D eigenvalue weighted by Crippen LogP contribution is 2.45. The minimum atomic E-state index is -4.06. The highest BCUT2D eigenvalue weighted by molar-refractivity contribution is 7.89. The van der Waals surface area contributed by atoms with Crippen LogP contribution in [0.2, 0.25) is 5.02 Å². The standard InChI is InChI=1S/C36H41ClFN5O4S/c1-24-39-32-8-3-4-9-33(32)43(24)30-22-28-11-12-29(23-30)42(28)19-16-36(26-6-5-7-27(38)21-26)14-17-41(18-15-36)35(44)25-10-13-31(37)34(20-25)48(45,46)40-47-2/h3-10,13,20-21,28-30,40H,11-12,14-19,22-23H2,1-2H3/t28-,29+,30?. The van der Waals surface area contributed by atoms with E-state index in [1.807, 2.05) is 17.0 Å². The number of nitrogens with zero attached hydrogens (tertiary/aromatic N) is 4. The number of nitrogens with one attached hydrogen (secondary N) is 1. The third kappa shape index (κ3) is 6.15. The first-order valence-corrected chi connectivity index (χ1v) is 18.5. The second kappa shape index (κ2) is 13.2. The topological polar surface area (TPSA) is 96.8 Å². The average Bonchev–Trinajstić information content (AvgIpc) is 3.53. The lowest BCUT2D eigenvalue weighted by molar-refractivity contribution is 0.0606. The van der Waals surface area contributed by atoms with Gasteiger partial charge >= 0.3 is 0 Å². The zero-order chi connectivity index (χ0) is 33.6. The van der Waals surface area contributed by atoms with E-state index in [0.717, 1.165) is 42.7 Å². The van der Waals surface area contributed by atoms with Crippen LogP contribution in [0.4, 0.5) is 4.39 Å². The third-order valence-electron chi connectivity index (χ3n) is 11.0. The Morgan fingerprint density at radius 1 is 1.02 bits per heavy atom. The third-order valence-corrected chi connectivity index (χ3v) is 12.7. The van der Waals surface area contributed by atoms with E-state index in [-0.39, 0.29) is 32.6 Å². The van der Waals surface area contributed by atoms with Crippen LogP contribution in [0.5, 0.6) is 0 Å². The number of aryl methyl sites for hydroxylation is 1. The van der Waals surface area contributed by atoms with Crippen LogP contribution in [-0.2, 0) is 20.3 Å². The van der Waals surface area contributed by atoms with Gasteiger partial charge in [0.2, 0.25) is 0 Å². The Kier molecular flexibility index (Phi) is 9.10. The molecule has 3 aromatic carbocycles. The summed E-state index contributed by atoms with van der Waals surface area (Å²) in [6.07, 6.45) is 6.77. The number of amides is 1. The zero-order valence-electron chi connectivity index (χ0n) is 27.2. The van der Waals surface area contributed by atoms with Gasteiger partial charge in [0, 0.05) is 36.8 Å². The highest BCUT2D eigenvalue weighted by Gasteiger charge is 2.44. The first-order chi connectivity index (χ1) is 23.1. The fourth-order valence-electron chi connectivity index (χ4n) is 8.61. The van der Waals surface area contributed by atoms with Crippen LogP contribution in [0.3, 0.4) is 0 Å². The monoisotopic (exact) mass is 693 g/mol. The maximum absolute atomic E-state index is 14.6. The summed E-state index contributed by atoms with van der Waals surface area (Å²) in [6.45, 7) is 3.97. The zero-order valence-corrected chi connectivity index (χ0v) is 28.8. The summed E-state index contributed by atoms with van der Waals surface area (Å²) in [4.78, 5) is 29.3. The van der Waals surface area contributed by atoms with Gasteiger partial charge in [-0.25, -0.2) is 17.8 Å². The molecule has 3 fully saturated rings. The predicted molar refractivity (Wildman–Crippen MR) is 183 cm³/mol. The van der Waals surface area contributed by atoms with Crippen LogP contribution in [0.1, 0.15) is 72.7 Å². The molecule has 3 aliphatic heterocycles. The van der Waals surface area contributed by atoms with Crippen molar-refractivity contribution in [3.63, 3.8) is 0 Å². The van der Waals surface area contributed by atoms with E-state index in [1.165, 1.54) is 43.7 Å². The number of carbonyl (C=O) groups is 1. The van der Waals surface area contributed by atoms with Crippen molar-refractivity contribution in [1.82, 2.24) is 24.2 Å². The van der Waals surface area contributed by atoms with E-state index in [4.69, 9.17) is 16.6 Å². The lowest BCUT2D eigenvalue weighted by atomic mass is 9.70. The molecule has 3 saturated heterocycles. The average molecular weight is 694 g/mol. The molecule has 4 aromatic rings. The van der Waals surface area contributed by atoms with Crippen molar-refractivity contribution < 1.29 is 22.4 Å². The molecule has 0 radical (unpaired) electrons. The van der Waals surface area contributed by atoms with Crippen LogP contribution in [0.25, 0.3) is 11.0 Å². The second-order valence-electron chi connectivity index (χ2n) is 13.5. The number of para-hydroxylation sites is 2. The predicted octanol–water partition coefficient (Wildman–Crippen LogP) is 6.41. The van der Waals surface area contributed by atoms with Crippen LogP contribution >= 0.6 is 11.6 Å². The number of aromatic nitrogens is 2. The van der Waals surface area contributed by atoms with Crippen LogP contribution in [0.15, 0.2) is 71.6 Å². The van der Waals surface area contributed by atoms with Crippen LogP contribution < -0.4 is 4.89 Å². The van der Waals surface area contributed by atoms with Gasteiger partial charge in [-0.1, -0.05) is 40.8 Å². The number of likely N-dealkylation sites (tertiary alicyclic amines) is 1. The number of carbonyl (C=O) groups excluding carboxylic acids is 1. The molecular weight excluding hydrogens is 653 g/mol. The van der Waals surface area contributed by atoms with Gasteiger partial charge in [-0.2, -0.15) is 0 Å². The molecule has 3 aliphatic rings. The molecular formula is C36H41ClFN5O4S. The smallest absolute Gasteiger partial charge is 0.263 e. The number of sulfonamides is 1. The summed E-state index contributed by atoms with van der Waals surface area (Å²) in [5.41, 5.74) is 3.18. The number of hydrogen-bond acceptors (Lipinski definition) is 6. The van der Waals surface area contributed by atoms with Crippen LogP contribution in [-0.4, -0.2) is 72.5 Å². The van der Waals surface area contributed by atoms with E-state index in [0.29, 0.717) is 44.1 Å². The summed E-state index contributed by atoms with van der Waals surface area (Å²) in [5, 5.41) is -0.00798. The van der Waals surface area contributed by atoms with E-state index < -0.39 is 10.0 Å². The summed E-state index contributed by atoms with van der Waals surface area (Å²) in [5.74, 6) is 0.549. The SMILES string of the molecule is CONS(=O)(=O)c1cc(C(=O)N2CCC(CCN3[C@@H]4CC[C@H]3CC(n3c(C)nc5ccccc53)C4)(c3cccc(F)c3)CC2)ccc1Cl. The van der Waals surface area contributed by atoms with Gasteiger partial charge in [0.1, 0.15) is 16.5 Å². The molecule has 0 aliphatic carbocycles. The summed E-state index contributed by atoms with van der Waals surface area (Å²) in [6, 6.07) is 21.0. The summed E-state index contributed by atoms with van der Waals surface area (Å²) >= 11 is 6.17. The van der Waals surface area contributed by atoms with Gasteiger partial charge < -0.3 is 9.47 Å². The maximum Gasteiger partial charge on any atom is 0.263 e. The fraction of sp³-hybridized carbons (Fsp3) is 0.444. The van der Waals surface area contributed by atoms with Gasteiger partial charge in [-0.05, 0) is 112 Å². The second-order valence-corrected chi connectivity index (χ2v) is 15.6. The minimum absolute atomic E-state index is 0.00798. The van der Waals surface area contributed by atoms with E-state index in [9.17, 15) is 17.6 Å². The molecule has 48 heavy (non-hydrogen) atoms. The number of hydrogen-bond donors (Lipinski definition) is 1. The number of imidazole rings is 1. The van der Waals surface area contributed by atoms with Crippen molar-refractivity contribution in [3.05, 3.63) is 94.5 Å². The molecule has 0 saturated carbocycles. The normalized spacial score (nSPS) is 22.8. The van der Waals surface area contributed by atoms with Crippen molar-refractivity contribution in [2.24, 2.45) is 0 Å². The van der Waals surface area contributed by atoms with Crippen molar-refractivity contribution >= 4 is 38.6 Å². The molecule has 4 heterocycles. The van der Waals surface area contributed by atoms with Gasteiger partial charge in [-0.3, -0.25) is 14.5 Å². The van der Waals surface area contributed by atoms with Gasteiger partial charge in [0.15, 0.2) is 0 Å². The van der Waals surface area contributed by atoms with E-state index in [2.05, 4.69) is 39.4 Å². The first-order valence-electron chi connectivity index (χ1n) is 16.7. The number of rotatable bonds is 9. The lowest BCUT2D eigenvalue weighted by Crippen LogP contribution is -2.49. The lowest BCUT2D eigenvalue weighted by Gasteiger charge is -2.45. The quantitative estimate of drug-likeness (QED) is 0.204. The molecule has 9 nitrogen and oxygen atoms in total. The molecule has 1 aromatic heterocycles. The van der Waals surface area contributed by atoms with Gasteiger partial charge in [0.05, 0.1) is 23.2 Å². The maximum atomic E-state index is 14.6. The molecule has 1 amide bonds. The Bertz CT molecular complexity index is 1930. The highest BCUT2D eigenvalue weighted by atomic mass is 35.5. The first kappa shape index (κ1) is 33.2. The Labute approximate surface area is 286 Å². The minimum Gasteiger partial charge on any atom is -0.339 e. The fourth-order valence-corrected chi connectivity index (χ4v) is 9.95. The van der Waals surface area contributed by atoms with E-state index in [1.54, 1.807) is 23.1 Å². The largest absolute Gasteiger partial charge is 0.339 e. The molecule has 12 heteroatoms. The van der Waals surface area contributed by atoms with Gasteiger partial charge in [0.25, 0.3) is 15.9 Å². The number of fused-ring (bicyclic) bond motifs is 3. The van der Waals surface area contributed by atoms with Crippen molar-refractivity contribution in [3.8, 4) is 0 Å². The molecule has 7 rings (SSSR count). The number of piperidine rings is 2. The Balaban J connectivity index is 1.07. The van der Waals surface area contributed by atoms with E-state index >= 15 is 0 Å². The Morgan fingerprint density at radius 3 is 2.46 bits per heavy atom. The van der Waals surface area contributed by atoms with Crippen molar-refractivity contribution in [2.75, 3.05) is 26.7 Å². The summed E-state index contributed by atoms with van der Waals surface area (Å²) < 4.78 is 42.3. The molecule has 1 unspecified atom stereocenters. The Hall–Kier alpha value is -3.35. The molecule has 0 spiro atoms. The number of halogens is 2. The number of benzene rings is 3. The van der Waals surface area contributed by atoms with Crippen LogP contribution in [0, 0.1) is 12.7 Å². The van der Waals surface area contributed by atoms with Crippen molar-refractivity contribution in [1.29, 1.82) is 0 Å². The summed E-state index contributed by atoms with van der Waals surface area (Å²) in [7, 11) is -2.87. The molecule has 2 bridgehead atoms. The molecule has 254 valence electrons. The Morgan fingerprint density at radius 2 is 1.75 bits per heavy atom. The van der Waals surface area contributed by atoms with Crippen molar-refractivity contribution in [2.45, 2.75) is 80.3 Å².